The SMILES string of the molecule is CC(C)(C)NS(=O)(=O)c1ccc(NC(=O)CCC2CCCCC2)cc1. The summed E-state index contributed by atoms with van der Waals surface area (Å²) < 4.78 is 27.1. The number of amides is 1. The molecule has 1 amide bonds. The maximum absolute atomic E-state index is 12.3. The van der Waals surface area contributed by atoms with Gasteiger partial charge in [0.2, 0.25) is 15.9 Å². The first-order valence-corrected chi connectivity index (χ1v) is 10.6. The first kappa shape index (κ1) is 19.9. The molecule has 0 spiro atoms. The van der Waals surface area contributed by atoms with Crippen LogP contribution in [0.25, 0.3) is 0 Å². The van der Waals surface area contributed by atoms with E-state index in [-0.39, 0.29) is 10.8 Å². The third kappa shape index (κ3) is 6.78. The number of benzene rings is 1. The lowest BCUT2D eigenvalue weighted by Gasteiger charge is -2.21. The van der Waals surface area contributed by atoms with Gasteiger partial charge in [-0.3, -0.25) is 4.79 Å². The van der Waals surface area contributed by atoms with Gasteiger partial charge in [-0.2, -0.15) is 0 Å². The van der Waals surface area contributed by atoms with Crippen LogP contribution in [0.15, 0.2) is 29.2 Å². The maximum Gasteiger partial charge on any atom is 0.241 e. The van der Waals surface area contributed by atoms with E-state index in [1.807, 2.05) is 0 Å². The Labute approximate surface area is 151 Å². The van der Waals surface area contributed by atoms with Crippen LogP contribution in [0.1, 0.15) is 65.7 Å². The highest BCUT2D eigenvalue weighted by Crippen LogP contribution is 2.27. The summed E-state index contributed by atoms with van der Waals surface area (Å²) in [5.74, 6) is 0.671. The molecule has 0 heterocycles. The van der Waals surface area contributed by atoms with Crippen LogP contribution in [0.3, 0.4) is 0 Å². The smallest absolute Gasteiger partial charge is 0.241 e. The van der Waals surface area contributed by atoms with Gasteiger partial charge in [-0.25, -0.2) is 13.1 Å². The predicted octanol–water partition coefficient (Wildman–Crippen LogP) is 4.06. The standard InChI is InChI=1S/C19H30N2O3S/c1-19(2,3)21-25(23,24)17-12-10-16(11-13-17)20-18(22)14-9-15-7-5-4-6-8-15/h10-13,15,21H,4-9,14H2,1-3H3,(H,20,22). The Morgan fingerprint density at radius 3 is 2.24 bits per heavy atom. The molecule has 1 fully saturated rings. The van der Waals surface area contributed by atoms with E-state index in [0.717, 1.165) is 6.42 Å². The van der Waals surface area contributed by atoms with E-state index in [1.165, 1.54) is 44.2 Å². The summed E-state index contributed by atoms with van der Waals surface area (Å²) in [5, 5.41) is 2.85. The van der Waals surface area contributed by atoms with Gasteiger partial charge in [0.15, 0.2) is 0 Å². The summed E-state index contributed by atoms with van der Waals surface area (Å²) in [6.07, 6.45) is 7.82. The Balaban J connectivity index is 1.88. The second-order valence-corrected chi connectivity index (χ2v) is 9.65. The summed E-state index contributed by atoms with van der Waals surface area (Å²) in [6, 6.07) is 6.31. The molecule has 5 nitrogen and oxygen atoms in total. The van der Waals surface area contributed by atoms with Crippen LogP contribution in [-0.4, -0.2) is 19.9 Å². The number of hydrogen-bond donors (Lipinski definition) is 2. The van der Waals surface area contributed by atoms with Gasteiger partial charge < -0.3 is 5.32 Å². The van der Waals surface area contributed by atoms with Crippen molar-refractivity contribution >= 4 is 21.6 Å². The lowest BCUT2D eigenvalue weighted by molar-refractivity contribution is -0.116. The summed E-state index contributed by atoms with van der Waals surface area (Å²) in [5.41, 5.74) is 0.0912. The topological polar surface area (TPSA) is 75.3 Å². The molecule has 0 bridgehead atoms. The lowest BCUT2D eigenvalue weighted by Crippen LogP contribution is -2.40. The molecule has 0 aromatic heterocycles. The zero-order valence-electron chi connectivity index (χ0n) is 15.5. The van der Waals surface area contributed by atoms with Crippen molar-refractivity contribution < 1.29 is 13.2 Å². The first-order chi connectivity index (χ1) is 11.7. The van der Waals surface area contributed by atoms with Gasteiger partial charge in [0.25, 0.3) is 0 Å². The molecule has 2 rings (SSSR count). The summed E-state index contributed by atoms with van der Waals surface area (Å²) in [4.78, 5) is 12.3. The van der Waals surface area contributed by atoms with Gasteiger partial charge in [0, 0.05) is 17.6 Å². The number of hydrogen-bond acceptors (Lipinski definition) is 3. The molecule has 1 aromatic rings. The van der Waals surface area contributed by atoms with Crippen LogP contribution in [0.5, 0.6) is 0 Å². The average molecular weight is 367 g/mol. The average Bonchev–Trinajstić information content (AvgIpc) is 2.52. The molecule has 1 aromatic carbocycles. The number of rotatable bonds is 6. The molecule has 6 heteroatoms. The number of sulfonamides is 1. The van der Waals surface area contributed by atoms with E-state index in [2.05, 4.69) is 10.0 Å². The minimum Gasteiger partial charge on any atom is -0.326 e. The monoisotopic (exact) mass is 366 g/mol. The van der Waals surface area contributed by atoms with Crippen molar-refractivity contribution in [1.29, 1.82) is 0 Å². The van der Waals surface area contributed by atoms with Crippen molar-refractivity contribution in [2.75, 3.05) is 5.32 Å². The van der Waals surface area contributed by atoms with E-state index in [1.54, 1.807) is 32.9 Å². The van der Waals surface area contributed by atoms with Gasteiger partial charge in [0.05, 0.1) is 4.90 Å². The Morgan fingerprint density at radius 2 is 1.68 bits per heavy atom. The van der Waals surface area contributed by atoms with Crippen LogP contribution in [-0.2, 0) is 14.8 Å². The minimum atomic E-state index is -3.55. The number of nitrogens with one attached hydrogen (secondary N) is 2. The minimum absolute atomic E-state index is 0.00556. The molecule has 0 aliphatic heterocycles. The third-order valence-corrected chi connectivity index (χ3v) is 6.17. The summed E-state index contributed by atoms with van der Waals surface area (Å²) in [6.45, 7) is 5.39. The molecule has 1 aliphatic carbocycles. The quantitative estimate of drug-likeness (QED) is 0.797. The Kier molecular flexibility index (Phi) is 6.63. The molecule has 0 radical (unpaired) electrons. The second-order valence-electron chi connectivity index (χ2n) is 7.97. The van der Waals surface area contributed by atoms with E-state index >= 15 is 0 Å². The van der Waals surface area contributed by atoms with Crippen molar-refractivity contribution in [2.45, 2.75) is 76.2 Å². The first-order valence-electron chi connectivity index (χ1n) is 9.10. The van der Waals surface area contributed by atoms with Crippen molar-refractivity contribution in [2.24, 2.45) is 5.92 Å². The van der Waals surface area contributed by atoms with Gasteiger partial charge in [-0.05, 0) is 57.4 Å². The molecular formula is C19H30N2O3S. The van der Waals surface area contributed by atoms with Crippen LogP contribution in [0, 0.1) is 5.92 Å². The Hall–Kier alpha value is -1.40. The molecule has 1 aliphatic rings. The van der Waals surface area contributed by atoms with E-state index in [4.69, 9.17) is 0 Å². The van der Waals surface area contributed by atoms with Crippen molar-refractivity contribution in [1.82, 2.24) is 4.72 Å². The molecular weight excluding hydrogens is 336 g/mol. The molecule has 0 unspecified atom stereocenters. The molecule has 140 valence electrons. The highest BCUT2D eigenvalue weighted by molar-refractivity contribution is 7.89. The number of anilines is 1. The van der Waals surface area contributed by atoms with Crippen LogP contribution >= 0.6 is 0 Å². The molecule has 0 atom stereocenters. The summed E-state index contributed by atoms with van der Waals surface area (Å²) in [7, 11) is -3.55. The van der Waals surface area contributed by atoms with Crippen LogP contribution in [0.4, 0.5) is 5.69 Å². The Bertz CT molecular complexity index is 670. The molecule has 2 N–H and O–H groups in total. The molecule has 0 saturated heterocycles. The van der Waals surface area contributed by atoms with Crippen molar-refractivity contribution in [3.63, 3.8) is 0 Å². The summed E-state index contributed by atoms with van der Waals surface area (Å²) >= 11 is 0. The number of carbonyl (C=O) groups is 1. The van der Waals surface area contributed by atoms with Crippen LogP contribution in [0.2, 0.25) is 0 Å². The zero-order valence-corrected chi connectivity index (χ0v) is 16.3. The predicted molar refractivity (Wildman–Crippen MR) is 101 cm³/mol. The van der Waals surface area contributed by atoms with Gasteiger partial charge in [-0.15, -0.1) is 0 Å². The van der Waals surface area contributed by atoms with Crippen LogP contribution < -0.4 is 10.0 Å². The van der Waals surface area contributed by atoms with Crippen molar-refractivity contribution in [3.8, 4) is 0 Å². The van der Waals surface area contributed by atoms with Gasteiger partial charge in [0.1, 0.15) is 0 Å². The fraction of sp³-hybridized carbons (Fsp3) is 0.632. The van der Waals surface area contributed by atoms with E-state index in [9.17, 15) is 13.2 Å². The zero-order chi connectivity index (χ0) is 18.5. The Morgan fingerprint density at radius 1 is 1.08 bits per heavy atom. The fourth-order valence-electron chi connectivity index (χ4n) is 3.21. The lowest BCUT2D eigenvalue weighted by atomic mass is 9.86. The van der Waals surface area contributed by atoms with Crippen molar-refractivity contribution in [3.05, 3.63) is 24.3 Å². The number of carbonyl (C=O) groups excluding carboxylic acids is 1. The normalized spacial score (nSPS) is 16.6. The van der Waals surface area contributed by atoms with Gasteiger partial charge >= 0.3 is 0 Å². The molecule has 1 saturated carbocycles. The van der Waals surface area contributed by atoms with E-state index in [0.29, 0.717) is 18.0 Å². The third-order valence-electron chi connectivity index (χ3n) is 4.39. The van der Waals surface area contributed by atoms with Gasteiger partial charge in [-0.1, -0.05) is 32.1 Å². The molecule has 25 heavy (non-hydrogen) atoms. The maximum atomic E-state index is 12.3. The highest BCUT2D eigenvalue weighted by Gasteiger charge is 2.22. The second kappa shape index (κ2) is 8.32. The largest absolute Gasteiger partial charge is 0.326 e. The fourth-order valence-corrected chi connectivity index (χ4v) is 4.63. The van der Waals surface area contributed by atoms with E-state index < -0.39 is 15.6 Å². The highest BCUT2D eigenvalue weighted by atomic mass is 32.2.